The summed E-state index contributed by atoms with van der Waals surface area (Å²) in [5.74, 6) is 0. The molecule has 0 bridgehead atoms. The average molecular weight is 381 g/mol. The second-order valence-electron chi connectivity index (χ2n) is 5.80. The number of carbonyl (C=O) groups is 1. The van der Waals surface area contributed by atoms with Crippen LogP contribution in [0.2, 0.25) is 0 Å². The Morgan fingerprint density at radius 2 is 1.19 bits per heavy atom. The van der Waals surface area contributed by atoms with Gasteiger partial charge in [-0.2, -0.15) is 0 Å². The smallest absolute Gasteiger partial charge is 0.319 e. The van der Waals surface area contributed by atoms with E-state index in [0.717, 1.165) is 11.1 Å². The maximum atomic E-state index is 12.5. The minimum atomic E-state index is -2.72. The maximum absolute atomic E-state index is 12.5. The molecule has 0 atom stereocenters. The van der Waals surface area contributed by atoms with Crippen molar-refractivity contribution in [2.24, 2.45) is 0 Å². The van der Waals surface area contributed by atoms with Crippen molar-refractivity contribution in [3.8, 4) is 0 Å². The van der Waals surface area contributed by atoms with Gasteiger partial charge in [-0.25, -0.2) is 13.2 Å². The van der Waals surface area contributed by atoms with Gasteiger partial charge in [0.1, 0.15) is 0 Å². The van der Waals surface area contributed by atoms with Gasteiger partial charge in [-0.15, -0.1) is 0 Å². The van der Waals surface area contributed by atoms with Crippen molar-refractivity contribution >= 4 is 28.3 Å². The quantitative estimate of drug-likeness (QED) is 0.493. The zero-order chi connectivity index (χ0) is 19.1. The van der Waals surface area contributed by atoms with E-state index in [1.165, 1.54) is 0 Å². The first-order valence-electron chi connectivity index (χ1n) is 8.30. The molecule has 0 aliphatic carbocycles. The van der Waals surface area contributed by atoms with Crippen LogP contribution < -0.4 is 15.4 Å². The Balaban J connectivity index is 1.73. The van der Waals surface area contributed by atoms with Gasteiger partial charge in [0.2, 0.25) is 10.9 Å². The molecule has 0 aliphatic rings. The van der Waals surface area contributed by atoms with Crippen molar-refractivity contribution in [1.29, 1.82) is 0 Å². The Labute approximate surface area is 159 Å². The molecule has 6 nitrogen and oxygen atoms in total. The van der Waals surface area contributed by atoms with Crippen LogP contribution in [0.3, 0.4) is 0 Å². The van der Waals surface area contributed by atoms with Crippen molar-refractivity contribution in [2.75, 3.05) is 10.0 Å². The predicted octanol–water partition coefficient (Wildman–Crippen LogP) is 3.54. The van der Waals surface area contributed by atoms with Gasteiger partial charge in [0, 0.05) is 11.4 Å². The van der Waals surface area contributed by atoms with E-state index in [-0.39, 0.29) is 12.1 Å². The maximum Gasteiger partial charge on any atom is 0.319 e. The van der Waals surface area contributed by atoms with Gasteiger partial charge in [0.05, 0.1) is 6.04 Å². The van der Waals surface area contributed by atoms with E-state index in [4.69, 9.17) is 0 Å². The van der Waals surface area contributed by atoms with E-state index in [2.05, 4.69) is 15.4 Å². The number of rotatable bonds is 6. The number of urea groups is 1. The van der Waals surface area contributed by atoms with Crippen molar-refractivity contribution in [1.82, 2.24) is 5.32 Å². The van der Waals surface area contributed by atoms with Crippen molar-refractivity contribution in [2.45, 2.75) is 6.04 Å². The third-order valence-electron chi connectivity index (χ3n) is 3.90. The second kappa shape index (κ2) is 8.86. The van der Waals surface area contributed by atoms with Crippen LogP contribution in [0.15, 0.2) is 84.9 Å². The van der Waals surface area contributed by atoms with Crippen molar-refractivity contribution in [3.63, 3.8) is 0 Å². The number of thiol groups is 1. The lowest BCUT2D eigenvalue weighted by atomic mass is 9.99. The summed E-state index contributed by atoms with van der Waals surface area (Å²) in [6, 6.07) is 25.2. The van der Waals surface area contributed by atoms with Gasteiger partial charge in [-0.1, -0.05) is 60.7 Å². The number of carbonyl (C=O) groups excluding carboxylic acids is 1. The molecule has 0 saturated heterocycles. The lowest BCUT2D eigenvalue weighted by Crippen LogP contribution is -2.33. The zero-order valence-corrected chi connectivity index (χ0v) is 15.2. The van der Waals surface area contributed by atoms with E-state index in [1.807, 2.05) is 60.7 Å². The molecule has 0 radical (unpaired) electrons. The highest BCUT2D eigenvalue weighted by molar-refractivity contribution is 7.73. The van der Waals surface area contributed by atoms with E-state index in [1.54, 1.807) is 24.3 Å². The van der Waals surface area contributed by atoms with E-state index in [0.29, 0.717) is 11.4 Å². The highest BCUT2D eigenvalue weighted by atomic mass is 32.2. The molecular formula is C20H19N3O3S. The summed E-state index contributed by atoms with van der Waals surface area (Å²) in [7, 11) is -2.72. The van der Waals surface area contributed by atoms with Gasteiger partial charge >= 0.3 is 6.03 Å². The Morgan fingerprint density at radius 1 is 0.704 bits per heavy atom. The fourth-order valence-corrected chi connectivity index (χ4v) is 3.04. The highest BCUT2D eigenvalue weighted by Gasteiger charge is 2.16. The molecule has 0 aromatic heterocycles. The van der Waals surface area contributed by atoms with Gasteiger partial charge in [0.15, 0.2) is 0 Å². The van der Waals surface area contributed by atoms with Gasteiger partial charge in [-0.05, 0) is 35.4 Å². The first kappa shape index (κ1) is 18.5. The fourth-order valence-electron chi connectivity index (χ4n) is 2.68. The monoisotopic (exact) mass is 381 g/mol. The first-order chi connectivity index (χ1) is 13.1. The topological polar surface area (TPSA) is 87.3 Å². The normalized spacial score (nSPS) is 10.6. The standard InChI is InChI=1S/C20H19N3O3S/c24-20(21-17-11-13-18(14-12-17)23-27(25)26)22-19(15-7-3-1-4-8-15)16-9-5-2-6-10-16/h1-14,19,27H,(H2,21,22,24)(H,23,25,26). The van der Waals surface area contributed by atoms with Crippen LogP contribution in [0.1, 0.15) is 17.2 Å². The molecule has 3 N–H and O–H groups in total. The van der Waals surface area contributed by atoms with Crippen LogP contribution >= 0.6 is 0 Å². The van der Waals surface area contributed by atoms with E-state index >= 15 is 0 Å². The summed E-state index contributed by atoms with van der Waals surface area (Å²) in [6.45, 7) is 0. The summed E-state index contributed by atoms with van der Waals surface area (Å²) < 4.78 is 23.6. The molecular weight excluding hydrogens is 362 g/mol. The third kappa shape index (κ3) is 5.32. The van der Waals surface area contributed by atoms with E-state index in [9.17, 15) is 13.2 Å². The lowest BCUT2D eigenvalue weighted by molar-refractivity contribution is 0.250. The number of amides is 2. The minimum Gasteiger partial charge on any atom is -0.327 e. The lowest BCUT2D eigenvalue weighted by Gasteiger charge is -2.20. The third-order valence-corrected chi connectivity index (χ3v) is 4.35. The largest absolute Gasteiger partial charge is 0.327 e. The number of nitrogens with one attached hydrogen (secondary N) is 3. The highest BCUT2D eigenvalue weighted by Crippen LogP contribution is 2.22. The Bertz CT molecular complexity index is 911. The van der Waals surface area contributed by atoms with Crippen molar-refractivity contribution in [3.05, 3.63) is 96.1 Å². The fraction of sp³-hybridized carbons (Fsp3) is 0.0500. The molecule has 0 heterocycles. The second-order valence-corrected chi connectivity index (χ2v) is 6.54. The number of hydrogen-bond acceptors (Lipinski definition) is 3. The Kier molecular flexibility index (Phi) is 6.06. The Morgan fingerprint density at radius 3 is 1.67 bits per heavy atom. The van der Waals surface area contributed by atoms with Gasteiger partial charge in [0.25, 0.3) is 0 Å². The van der Waals surface area contributed by atoms with Crippen LogP contribution in [0.5, 0.6) is 0 Å². The van der Waals surface area contributed by atoms with Crippen LogP contribution in [-0.4, -0.2) is 14.4 Å². The molecule has 138 valence electrons. The number of hydrogen-bond donors (Lipinski definition) is 4. The number of benzene rings is 3. The molecule has 0 saturated carbocycles. The van der Waals surface area contributed by atoms with Gasteiger partial charge < -0.3 is 10.6 Å². The predicted molar refractivity (Wildman–Crippen MR) is 107 cm³/mol. The van der Waals surface area contributed by atoms with Crippen LogP contribution in [0.25, 0.3) is 0 Å². The summed E-state index contributed by atoms with van der Waals surface area (Å²) in [6.07, 6.45) is 0. The zero-order valence-electron chi connectivity index (χ0n) is 14.3. The summed E-state index contributed by atoms with van der Waals surface area (Å²) >= 11 is 0. The molecule has 3 rings (SSSR count). The van der Waals surface area contributed by atoms with Crippen molar-refractivity contribution < 1.29 is 13.2 Å². The SMILES string of the molecule is O=C(Nc1ccc(N[SH](=O)=O)cc1)NC(c1ccccc1)c1ccccc1. The van der Waals surface area contributed by atoms with Crippen LogP contribution in [0, 0.1) is 0 Å². The first-order valence-corrected chi connectivity index (χ1v) is 9.48. The van der Waals surface area contributed by atoms with Crippen LogP contribution in [-0.2, 0) is 10.9 Å². The molecule has 27 heavy (non-hydrogen) atoms. The molecule has 3 aromatic carbocycles. The summed E-state index contributed by atoms with van der Waals surface area (Å²) in [5, 5.41) is 5.75. The molecule has 0 aliphatic heterocycles. The molecule has 2 amide bonds. The molecule has 0 spiro atoms. The molecule has 0 unspecified atom stereocenters. The van der Waals surface area contributed by atoms with E-state index < -0.39 is 10.9 Å². The number of anilines is 2. The Hall–Kier alpha value is -3.32. The van der Waals surface area contributed by atoms with Gasteiger partial charge in [-0.3, -0.25) is 4.72 Å². The molecule has 7 heteroatoms. The van der Waals surface area contributed by atoms with Crippen LogP contribution in [0.4, 0.5) is 16.2 Å². The summed E-state index contributed by atoms with van der Waals surface area (Å²) in [4.78, 5) is 12.5. The summed E-state index contributed by atoms with van der Waals surface area (Å²) in [5.41, 5.74) is 2.93. The minimum absolute atomic E-state index is 0.294. The average Bonchev–Trinajstić information content (AvgIpc) is 2.69. The molecule has 0 fully saturated rings. The molecule has 3 aromatic rings.